The summed E-state index contributed by atoms with van der Waals surface area (Å²) >= 11 is 0. The molecule has 2 amide bonds. The predicted octanol–water partition coefficient (Wildman–Crippen LogP) is 6.45. The summed E-state index contributed by atoms with van der Waals surface area (Å²) in [6.07, 6.45) is 3.37. The summed E-state index contributed by atoms with van der Waals surface area (Å²) in [4.78, 5) is 44.2. The standard InChI is InChI=1S/C21H25N5O.C16H24N4O2/c1-2-19(22)23-14-8-13-18(26-21(27)15-9-4-3-5-10-15)20-24-16-11-6-7-12-17(16)25-20;1-16(2,3)22-15(21)18-10-6-7-11(17)14-19-12-8-4-5-9-13(12)20-14/h3-7,9-12,18H,2,8,13-14H2,1H3,(H2,22,23)(H,24,25)(H,26,27);4-5,8-9,11H,6-7,10,17H2,1-3H3,(H,18,21)(H,19,20)/t18-;11-/m00/s1. The van der Waals surface area contributed by atoms with Crippen LogP contribution in [-0.2, 0) is 4.74 Å². The van der Waals surface area contributed by atoms with Gasteiger partial charge in [-0.2, -0.15) is 0 Å². The van der Waals surface area contributed by atoms with E-state index in [1.54, 1.807) is 12.1 Å². The molecule has 0 aliphatic rings. The van der Waals surface area contributed by atoms with E-state index >= 15 is 0 Å². The second kappa shape index (κ2) is 17.8. The smallest absolute Gasteiger partial charge is 0.407 e. The number of amidine groups is 1. The molecule has 0 bridgehead atoms. The van der Waals surface area contributed by atoms with Crippen LogP contribution in [0.4, 0.5) is 4.79 Å². The van der Waals surface area contributed by atoms with Gasteiger partial charge in [-0.05, 0) is 82.9 Å². The van der Waals surface area contributed by atoms with Crippen LogP contribution in [0.5, 0.6) is 0 Å². The molecule has 0 radical (unpaired) electrons. The fourth-order valence-electron chi connectivity index (χ4n) is 4.99. The van der Waals surface area contributed by atoms with Gasteiger partial charge in [-0.3, -0.25) is 9.79 Å². The number of rotatable bonds is 13. The number of imidazole rings is 2. The third-order valence-electron chi connectivity index (χ3n) is 7.53. The van der Waals surface area contributed by atoms with Gasteiger partial charge in [-0.25, -0.2) is 14.8 Å². The number of H-pyrrole nitrogens is 2. The fraction of sp³-hybridized carbons (Fsp3) is 0.378. The van der Waals surface area contributed by atoms with E-state index in [2.05, 4.69) is 35.6 Å². The van der Waals surface area contributed by atoms with Gasteiger partial charge in [-0.1, -0.05) is 49.4 Å². The minimum absolute atomic E-state index is 0.113. The summed E-state index contributed by atoms with van der Waals surface area (Å²) < 4.78 is 5.17. The van der Waals surface area contributed by atoms with Crippen molar-refractivity contribution >= 4 is 39.9 Å². The van der Waals surface area contributed by atoms with E-state index in [4.69, 9.17) is 16.2 Å². The highest BCUT2D eigenvalue weighted by Crippen LogP contribution is 2.21. The molecule has 12 heteroatoms. The number of ether oxygens (including phenoxy) is 1. The first kappa shape index (κ1) is 36.6. The van der Waals surface area contributed by atoms with E-state index in [1.807, 2.05) is 94.4 Å². The molecule has 0 spiro atoms. The fourth-order valence-corrected chi connectivity index (χ4v) is 4.99. The van der Waals surface area contributed by atoms with Crippen molar-refractivity contribution in [2.75, 3.05) is 13.1 Å². The van der Waals surface area contributed by atoms with Gasteiger partial charge in [0.2, 0.25) is 0 Å². The lowest BCUT2D eigenvalue weighted by atomic mass is 10.1. The Morgan fingerprint density at radius 2 is 1.45 bits per heavy atom. The Labute approximate surface area is 287 Å². The van der Waals surface area contributed by atoms with Crippen molar-refractivity contribution in [3.63, 3.8) is 0 Å². The summed E-state index contributed by atoms with van der Waals surface area (Å²) in [5.74, 6) is 2.08. The van der Waals surface area contributed by atoms with Crippen molar-refractivity contribution in [1.29, 1.82) is 0 Å². The first-order chi connectivity index (χ1) is 23.5. The number of hydrogen-bond acceptors (Lipinski definition) is 7. The van der Waals surface area contributed by atoms with Crippen LogP contribution in [0.25, 0.3) is 22.1 Å². The van der Waals surface area contributed by atoms with Crippen LogP contribution < -0.4 is 22.1 Å². The molecule has 12 nitrogen and oxygen atoms in total. The van der Waals surface area contributed by atoms with Gasteiger partial charge >= 0.3 is 6.09 Å². The third kappa shape index (κ3) is 11.8. The maximum absolute atomic E-state index is 12.6. The number of amides is 2. The minimum atomic E-state index is -0.477. The van der Waals surface area contributed by atoms with Crippen LogP contribution in [0.1, 0.15) is 93.9 Å². The van der Waals surface area contributed by atoms with Crippen LogP contribution in [0.2, 0.25) is 0 Å². The number of aromatic amines is 2. The van der Waals surface area contributed by atoms with E-state index in [1.165, 1.54) is 0 Å². The van der Waals surface area contributed by atoms with E-state index in [-0.39, 0.29) is 18.0 Å². The second-order valence-corrected chi connectivity index (χ2v) is 12.7. The molecule has 0 aliphatic heterocycles. The topological polar surface area (TPSA) is 189 Å². The molecule has 260 valence electrons. The molecule has 0 unspecified atom stereocenters. The Morgan fingerprint density at radius 1 is 0.857 bits per heavy atom. The maximum Gasteiger partial charge on any atom is 0.407 e. The zero-order valence-electron chi connectivity index (χ0n) is 28.8. The van der Waals surface area contributed by atoms with Crippen molar-refractivity contribution in [1.82, 2.24) is 30.6 Å². The average Bonchev–Trinajstić information content (AvgIpc) is 3.72. The third-order valence-corrected chi connectivity index (χ3v) is 7.53. The largest absolute Gasteiger partial charge is 0.444 e. The van der Waals surface area contributed by atoms with E-state index in [9.17, 15) is 9.59 Å². The van der Waals surface area contributed by atoms with Gasteiger partial charge in [0, 0.05) is 25.1 Å². The Bertz CT molecular complexity index is 1740. The number of aliphatic imine (C=N–C) groups is 1. The van der Waals surface area contributed by atoms with Crippen molar-refractivity contribution in [3.8, 4) is 0 Å². The number of aromatic nitrogens is 4. The number of nitrogens with two attached hydrogens (primary N) is 2. The molecule has 0 fully saturated rings. The first-order valence-electron chi connectivity index (χ1n) is 16.8. The zero-order valence-corrected chi connectivity index (χ0v) is 28.8. The molecule has 8 N–H and O–H groups in total. The summed E-state index contributed by atoms with van der Waals surface area (Å²) in [5, 5.41) is 5.83. The Morgan fingerprint density at radius 3 is 2.06 bits per heavy atom. The first-order valence-corrected chi connectivity index (χ1v) is 16.8. The highest BCUT2D eigenvalue weighted by atomic mass is 16.6. The summed E-state index contributed by atoms with van der Waals surface area (Å²) in [7, 11) is 0. The monoisotopic (exact) mass is 667 g/mol. The number of benzene rings is 3. The van der Waals surface area contributed by atoms with Crippen molar-refractivity contribution in [2.24, 2.45) is 16.5 Å². The molecule has 0 saturated carbocycles. The summed E-state index contributed by atoms with van der Waals surface area (Å²) in [6.45, 7) is 8.66. The van der Waals surface area contributed by atoms with Crippen LogP contribution in [0, 0.1) is 0 Å². The number of fused-ring (bicyclic) bond motifs is 2. The Hall–Kier alpha value is -5.23. The number of para-hydroxylation sites is 4. The van der Waals surface area contributed by atoms with E-state index in [0.717, 1.165) is 65.8 Å². The van der Waals surface area contributed by atoms with Crippen molar-refractivity contribution in [3.05, 3.63) is 96.1 Å². The molecule has 2 atom stereocenters. The number of alkyl carbamates (subject to hydrolysis) is 1. The van der Waals surface area contributed by atoms with Crippen LogP contribution >= 0.6 is 0 Å². The molecule has 2 aromatic heterocycles. The normalized spacial score (nSPS) is 13.0. The number of hydrogen-bond donors (Lipinski definition) is 6. The van der Waals surface area contributed by atoms with E-state index < -0.39 is 11.7 Å². The van der Waals surface area contributed by atoms with Gasteiger partial charge in [0.15, 0.2) is 0 Å². The molecule has 49 heavy (non-hydrogen) atoms. The molecule has 5 rings (SSSR count). The lowest BCUT2D eigenvalue weighted by molar-refractivity contribution is 0.0526. The summed E-state index contributed by atoms with van der Waals surface area (Å²) in [6, 6.07) is 24.5. The van der Waals surface area contributed by atoms with Gasteiger partial charge in [0.1, 0.15) is 17.2 Å². The Balaban J connectivity index is 0.000000226. The van der Waals surface area contributed by atoms with Gasteiger partial charge in [0.05, 0.1) is 40.0 Å². The molecule has 0 aliphatic carbocycles. The van der Waals surface area contributed by atoms with Crippen LogP contribution in [0.15, 0.2) is 83.9 Å². The average molecular weight is 668 g/mol. The number of carbonyl (C=O) groups is 2. The molecule has 0 saturated heterocycles. The number of nitrogens with zero attached hydrogens (tertiary/aromatic N) is 3. The molecule has 3 aromatic carbocycles. The molecular weight excluding hydrogens is 618 g/mol. The molecule has 2 heterocycles. The SMILES string of the molecule is CC(C)(C)OC(=O)NCCC[C@H](N)c1nc2ccccc2[nH]1.CCC(N)=NCCC[C@H](NC(=O)c1ccccc1)c1nc2ccccc2[nH]1. The number of nitrogens with one attached hydrogen (secondary N) is 4. The quantitative estimate of drug-likeness (QED) is 0.0472. The zero-order chi connectivity index (χ0) is 35.2. The van der Waals surface area contributed by atoms with E-state index in [0.29, 0.717) is 24.5 Å². The van der Waals surface area contributed by atoms with Crippen LogP contribution in [-0.4, -0.2) is 56.5 Å². The highest BCUT2D eigenvalue weighted by molar-refractivity contribution is 5.94. The Kier molecular flexibility index (Phi) is 13.3. The lowest BCUT2D eigenvalue weighted by Crippen LogP contribution is -2.33. The second-order valence-electron chi connectivity index (χ2n) is 12.7. The van der Waals surface area contributed by atoms with Gasteiger partial charge in [0.25, 0.3) is 5.91 Å². The van der Waals surface area contributed by atoms with Crippen LogP contribution in [0.3, 0.4) is 0 Å². The maximum atomic E-state index is 12.6. The lowest BCUT2D eigenvalue weighted by Gasteiger charge is -2.19. The molecule has 5 aromatic rings. The number of carbonyl (C=O) groups excluding carboxylic acids is 2. The summed E-state index contributed by atoms with van der Waals surface area (Å²) in [5.41, 5.74) is 15.8. The highest BCUT2D eigenvalue weighted by Gasteiger charge is 2.19. The molecular formula is C37H49N9O3. The van der Waals surface area contributed by atoms with Gasteiger partial charge in [-0.15, -0.1) is 0 Å². The predicted molar refractivity (Wildman–Crippen MR) is 195 cm³/mol. The van der Waals surface area contributed by atoms with Crippen molar-refractivity contribution < 1.29 is 14.3 Å². The van der Waals surface area contributed by atoms with Gasteiger partial charge < -0.3 is 36.8 Å². The minimum Gasteiger partial charge on any atom is -0.444 e. The van der Waals surface area contributed by atoms with Crippen molar-refractivity contribution in [2.45, 2.75) is 77.5 Å².